The monoisotopic (exact) mass is 265 g/mol. The molecular weight excluding hydrogens is 242 g/mol. The van der Waals surface area contributed by atoms with Crippen molar-refractivity contribution in [3.05, 3.63) is 35.4 Å². The molecule has 18 heavy (non-hydrogen) atoms. The molecule has 1 aromatic carbocycles. The Bertz CT molecular complexity index is 419. The predicted molar refractivity (Wildman–Crippen MR) is 78.1 cm³/mol. The van der Waals surface area contributed by atoms with Crippen LogP contribution in [0.3, 0.4) is 0 Å². The van der Waals surface area contributed by atoms with Crippen molar-refractivity contribution in [1.82, 2.24) is 5.32 Å². The summed E-state index contributed by atoms with van der Waals surface area (Å²) in [6.07, 6.45) is 3.36. The molecule has 100 valence electrons. The smallest absolute Gasteiger partial charge is 0.0491 e. The van der Waals surface area contributed by atoms with E-state index in [1.165, 1.54) is 17.5 Å². The molecule has 3 unspecified atom stereocenters. The van der Waals surface area contributed by atoms with Gasteiger partial charge in [0.1, 0.15) is 0 Å². The summed E-state index contributed by atoms with van der Waals surface area (Å²) in [6, 6.07) is 8.86. The Labute approximate surface area is 113 Å². The number of nitrogens with one attached hydrogen (secondary N) is 1. The van der Waals surface area contributed by atoms with Gasteiger partial charge in [-0.25, -0.2) is 0 Å². The number of hydrogen-bond acceptors (Lipinski definition) is 2. The molecule has 0 heterocycles. The molecule has 0 amide bonds. The SMILES string of the molecule is CCNC1CCC(S(=O)Cc2ccccc2C)C1. The fourth-order valence-electron chi connectivity index (χ4n) is 2.70. The highest BCUT2D eigenvalue weighted by atomic mass is 32.2. The van der Waals surface area contributed by atoms with E-state index in [2.05, 4.69) is 31.3 Å². The molecule has 2 nitrogen and oxygen atoms in total. The first-order chi connectivity index (χ1) is 8.70. The van der Waals surface area contributed by atoms with Crippen LogP contribution in [0.5, 0.6) is 0 Å². The predicted octanol–water partition coefficient (Wildman–Crippen LogP) is 2.77. The molecule has 2 rings (SSSR count). The highest BCUT2D eigenvalue weighted by molar-refractivity contribution is 7.84. The van der Waals surface area contributed by atoms with Gasteiger partial charge in [0.05, 0.1) is 0 Å². The third-order valence-corrected chi connectivity index (χ3v) is 5.58. The molecule has 1 aliphatic rings. The van der Waals surface area contributed by atoms with E-state index in [0.29, 0.717) is 11.3 Å². The number of aryl methyl sites for hydroxylation is 1. The molecular formula is C15H23NOS. The van der Waals surface area contributed by atoms with Crippen LogP contribution in [-0.2, 0) is 16.6 Å². The first kappa shape index (κ1) is 13.8. The van der Waals surface area contributed by atoms with E-state index >= 15 is 0 Å². The van der Waals surface area contributed by atoms with E-state index in [0.717, 1.165) is 25.1 Å². The van der Waals surface area contributed by atoms with Gasteiger partial charge in [-0.05, 0) is 43.9 Å². The topological polar surface area (TPSA) is 29.1 Å². The van der Waals surface area contributed by atoms with Gasteiger partial charge in [0.2, 0.25) is 0 Å². The summed E-state index contributed by atoms with van der Waals surface area (Å²) in [5.74, 6) is 0.718. The zero-order chi connectivity index (χ0) is 13.0. The maximum Gasteiger partial charge on any atom is 0.0491 e. The Balaban J connectivity index is 1.91. The third-order valence-electron chi connectivity index (χ3n) is 3.81. The average molecular weight is 265 g/mol. The van der Waals surface area contributed by atoms with Crippen molar-refractivity contribution in [3.8, 4) is 0 Å². The van der Waals surface area contributed by atoms with E-state index in [9.17, 15) is 4.21 Å². The lowest BCUT2D eigenvalue weighted by Gasteiger charge is -2.13. The average Bonchev–Trinajstić information content (AvgIpc) is 2.81. The number of hydrogen-bond donors (Lipinski definition) is 1. The summed E-state index contributed by atoms with van der Waals surface area (Å²) < 4.78 is 12.4. The Morgan fingerprint density at radius 2 is 2.11 bits per heavy atom. The second-order valence-electron chi connectivity index (χ2n) is 5.14. The lowest BCUT2D eigenvalue weighted by atomic mass is 10.1. The maximum absolute atomic E-state index is 12.4. The quantitative estimate of drug-likeness (QED) is 0.887. The minimum absolute atomic E-state index is 0.383. The van der Waals surface area contributed by atoms with Gasteiger partial charge >= 0.3 is 0 Å². The molecule has 1 aromatic rings. The molecule has 0 aliphatic heterocycles. The van der Waals surface area contributed by atoms with Crippen molar-refractivity contribution >= 4 is 10.8 Å². The van der Waals surface area contributed by atoms with E-state index in [1.807, 2.05) is 12.1 Å². The van der Waals surface area contributed by atoms with Crippen LogP contribution in [0.1, 0.15) is 37.3 Å². The van der Waals surface area contributed by atoms with Gasteiger partial charge < -0.3 is 5.32 Å². The molecule has 1 fully saturated rings. The summed E-state index contributed by atoms with van der Waals surface area (Å²) in [4.78, 5) is 0. The van der Waals surface area contributed by atoms with Crippen LogP contribution in [0.4, 0.5) is 0 Å². The molecule has 3 heteroatoms. The van der Waals surface area contributed by atoms with Gasteiger partial charge in [0.15, 0.2) is 0 Å². The maximum atomic E-state index is 12.4. The van der Waals surface area contributed by atoms with E-state index in [4.69, 9.17) is 0 Å². The van der Waals surface area contributed by atoms with Gasteiger partial charge in [-0.3, -0.25) is 4.21 Å². The Morgan fingerprint density at radius 1 is 1.33 bits per heavy atom. The lowest BCUT2D eigenvalue weighted by Crippen LogP contribution is -2.27. The summed E-state index contributed by atoms with van der Waals surface area (Å²) in [5.41, 5.74) is 2.50. The van der Waals surface area contributed by atoms with Gasteiger partial charge in [0.25, 0.3) is 0 Å². The van der Waals surface area contributed by atoms with Crippen molar-refractivity contribution < 1.29 is 4.21 Å². The summed E-state index contributed by atoms with van der Waals surface area (Å²) in [5, 5.41) is 3.85. The molecule has 1 N–H and O–H groups in total. The summed E-state index contributed by atoms with van der Waals surface area (Å²) >= 11 is 0. The van der Waals surface area contributed by atoms with Crippen LogP contribution < -0.4 is 5.32 Å². The second kappa shape index (κ2) is 6.48. The minimum Gasteiger partial charge on any atom is -0.314 e. The first-order valence-electron chi connectivity index (χ1n) is 6.85. The van der Waals surface area contributed by atoms with Crippen LogP contribution in [0, 0.1) is 6.92 Å². The fourth-order valence-corrected chi connectivity index (χ4v) is 4.41. The van der Waals surface area contributed by atoms with Crippen molar-refractivity contribution in [2.24, 2.45) is 0 Å². The highest BCUT2D eigenvalue weighted by Gasteiger charge is 2.28. The van der Waals surface area contributed by atoms with Crippen molar-refractivity contribution in [1.29, 1.82) is 0 Å². The zero-order valence-corrected chi connectivity index (χ0v) is 12.1. The van der Waals surface area contributed by atoms with Crippen LogP contribution >= 0.6 is 0 Å². The minimum atomic E-state index is -0.721. The van der Waals surface area contributed by atoms with Gasteiger partial charge in [-0.1, -0.05) is 31.2 Å². The van der Waals surface area contributed by atoms with Crippen molar-refractivity contribution in [3.63, 3.8) is 0 Å². The largest absolute Gasteiger partial charge is 0.314 e. The van der Waals surface area contributed by atoms with Gasteiger partial charge in [-0.15, -0.1) is 0 Å². The molecule has 0 aromatic heterocycles. The van der Waals surface area contributed by atoms with Crippen LogP contribution in [0.25, 0.3) is 0 Å². The molecule has 0 bridgehead atoms. The summed E-state index contributed by atoms with van der Waals surface area (Å²) in [7, 11) is -0.721. The van der Waals surface area contributed by atoms with Crippen molar-refractivity contribution in [2.75, 3.05) is 6.54 Å². The summed E-state index contributed by atoms with van der Waals surface area (Å²) in [6.45, 7) is 5.25. The Kier molecular flexibility index (Phi) is 4.95. The van der Waals surface area contributed by atoms with Gasteiger partial charge in [0, 0.05) is 27.8 Å². The van der Waals surface area contributed by atoms with E-state index < -0.39 is 10.8 Å². The van der Waals surface area contributed by atoms with E-state index in [-0.39, 0.29) is 0 Å². The Morgan fingerprint density at radius 3 is 2.83 bits per heavy atom. The molecule has 1 saturated carbocycles. The van der Waals surface area contributed by atoms with Crippen LogP contribution in [0.2, 0.25) is 0 Å². The lowest BCUT2D eigenvalue weighted by molar-refractivity contribution is 0.542. The standard InChI is InChI=1S/C15H23NOS/c1-3-16-14-8-9-15(10-14)18(17)11-13-7-5-4-6-12(13)2/h4-7,14-16H,3,8-11H2,1-2H3. The number of benzene rings is 1. The van der Waals surface area contributed by atoms with Gasteiger partial charge in [-0.2, -0.15) is 0 Å². The van der Waals surface area contributed by atoms with E-state index in [1.54, 1.807) is 0 Å². The molecule has 1 aliphatic carbocycles. The highest BCUT2D eigenvalue weighted by Crippen LogP contribution is 2.25. The fraction of sp³-hybridized carbons (Fsp3) is 0.600. The molecule has 0 saturated heterocycles. The molecule has 3 atom stereocenters. The second-order valence-corrected chi connectivity index (χ2v) is 6.86. The zero-order valence-electron chi connectivity index (χ0n) is 11.3. The third kappa shape index (κ3) is 3.42. The normalized spacial score (nSPS) is 25.2. The number of rotatable bonds is 5. The Hall–Kier alpha value is -0.670. The van der Waals surface area contributed by atoms with Crippen LogP contribution in [-0.4, -0.2) is 22.0 Å². The molecule has 0 radical (unpaired) electrons. The molecule has 0 spiro atoms. The first-order valence-corrected chi connectivity index (χ1v) is 8.24. The van der Waals surface area contributed by atoms with Crippen LogP contribution in [0.15, 0.2) is 24.3 Å². The van der Waals surface area contributed by atoms with Crippen molar-refractivity contribution in [2.45, 2.75) is 50.2 Å².